The van der Waals surface area contributed by atoms with Crippen LogP contribution in [0.3, 0.4) is 0 Å². The number of aromatic nitrogens is 1. The largest absolute Gasteiger partial charge is 0.326 e. The number of para-hydroxylation sites is 1. The lowest BCUT2D eigenvalue weighted by molar-refractivity contribution is 0.320. The Balaban J connectivity index is 1.87. The fourth-order valence-corrected chi connectivity index (χ4v) is 2.76. The second-order valence-electron chi connectivity index (χ2n) is 5.33. The number of hydrogen-bond acceptors (Lipinski definition) is 3. The summed E-state index contributed by atoms with van der Waals surface area (Å²) in [6.07, 6.45) is 1.87. The van der Waals surface area contributed by atoms with Gasteiger partial charge < -0.3 is 5.73 Å². The Hall–Kier alpha value is -1.45. The third-order valence-electron chi connectivity index (χ3n) is 3.86. The summed E-state index contributed by atoms with van der Waals surface area (Å²) in [7, 11) is 0. The van der Waals surface area contributed by atoms with E-state index in [9.17, 15) is 0 Å². The van der Waals surface area contributed by atoms with Crippen molar-refractivity contribution >= 4 is 10.9 Å². The molecule has 94 valence electrons. The number of fused-ring (bicyclic) bond motifs is 1. The minimum Gasteiger partial charge on any atom is -0.326 e. The van der Waals surface area contributed by atoms with Crippen LogP contribution in [-0.4, -0.2) is 29.0 Å². The number of hydrogen-bond donors (Lipinski definition) is 1. The number of benzene rings is 1. The van der Waals surface area contributed by atoms with Crippen molar-refractivity contribution in [3.05, 3.63) is 42.1 Å². The van der Waals surface area contributed by atoms with Crippen LogP contribution in [0.15, 0.2) is 36.5 Å². The van der Waals surface area contributed by atoms with Crippen molar-refractivity contribution in [3.8, 4) is 0 Å². The van der Waals surface area contributed by atoms with E-state index in [4.69, 9.17) is 5.73 Å². The van der Waals surface area contributed by atoms with Crippen LogP contribution in [0.2, 0.25) is 0 Å². The molecule has 1 aromatic carbocycles. The molecule has 0 amide bonds. The van der Waals surface area contributed by atoms with Crippen molar-refractivity contribution in [1.82, 2.24) is 9.88 Å². The lowest BCUT2D eigenvalue weighted by atomic mass is 10.1. The van der Waals surface area contributed by atoms with E-state index in [1.807, 2.05) is 12.3 Å². The maximum absolute atomic E-state index is 6.08. The molecule has 2 unspecified atom stereocenters. The van der Waals surface area contributed by atoms with E-state index in [2.05, 4.69) is 41.1 Å². The Kier molecular flexibility index (Phi) is 3.02. The first kappa shape index (κ1) is 11.6. The molecule has 2 heterocycles. The van der Waals surface area contributed by atoms with Gasteiger partial charge in [-0.25, -0.2) is 0 Å². The van der Waals surface area contributed by atoms with Gasteiger partial charge in [-0.1, -0.05) is 31.2 Å². The molecule has 1 aromatic heterocycles. The first-order valence-corrected chi connectivity index (χ1v) is 6.54. The molecule has 0 spiro atoms. The molecule has 3 heteroatoms. The van der Waals surface area contributed by atoms with Crippen molar-refractivity contribution in [3.63, 3.8) is 0 Å². The minimum absolute atomic E-state index is 0.313. The zero-order valence-electron chi connectivity index (χ0n) is 10.7. The minimum atomic E-state index is 0.313. The molecule has 18 heavy (non-hydrogen) atoms. The van der Waals surface area contributed by atoms with Crippen molar-refractivity contribution in [2.45, 2.75) is 19.5 Å². The van der Waals surface area contributed by atoms with Crippen LogP contribution in [0.25, 0.3) is 10.9 Å². The van der Waals surface area contributed by atoms with Crippen molar-refractivity contribution in [2.24, 2.45) is 11.7 Å². The Bertz CT molecular complexity index is 537. The number of likely N-dealkylation sites (tertiary alicyclic amines) is 1. The van der Waals surface area contributed by atoms with E-state index in [1.54, 1.807) is 0 Å². The molecule has 2 atom stereocenters. The summed E-state index contributed by atoms with van der Waals surface area (Å²) in [5.74, 6) is 0.591. The molecule has 3 nitrogen and oxygen atoms in total. The van der Waals surface area contributed by atoms with Crippen LogP contribution in [0.5, 0.6) is 0 Å². The van der Waals surface area contributed by atoms with E-state index in [-0.39, 0.29) is 0 Å². The van der Waals surface area contributed by atoms with E-state index in [0.29, 0.717) is 12.0 Å². The normalized spacial score (nSPS) is 24.8. The molecule has 0 radical (unpaired) electrons. The third kappa shape index (κ3) is 2.11. The molecule has 0 bridgehead atoms. The van der Waals surface area contributed by atoms with Gasteiger partial charge in [-0.2, -0.15) is 0 Å². The average molecular weight is 241 g/mol. The van der Waals surface area contributed by atoms with Gasteiger partial charge in [0.1, 0.15) is 0 Å². The summed E-state index contributed by atoms with van der Waals surface area (Å²) in [5, 5.41) is 1.21. The van der Waals surface area contributed by atoms with E-state index < -0.39 is 0 Å². The maximum Gasteiger partial charge on any atom is 0.0746 e. The maximum atomic E-state index is 6.08. The Morgan fingerprint density at radius 2 is 2.11 bits per heavy atom. The molecule has 1 saturated heterocycles. The van der Waals surface area contributed by atoms with Crippen molar-refractivity contribution < 1.29 is 0 Å². The van der Waals surface area contributed by atoms with E-state index in [0.717, 1.165) is 25.2 Å². The van der Waals surface area contributed by atoms with Crippen LogP contribution in [0.1, 0.15) is 12.5 Å². The lowest BCUT2D eigenvalue weighted by Crippen LogP contribution is -2.28. The summed E-state index contributed by atoms with van der Waals surface area (Å²) in [6, 6.07) is 10.8. The van der Waals surface area contributed by atoms with Crippen LogP contribution in [0.4, 0.5) is 0 Å². The number of rotatable bonds is 2. The van der Waals surface area contributed by atoms with E-state index in [1.165, 1.54) is 10.9 Å². The van der Waals surface area contributed by atoms with E-state index >= 15 is 0 Å². The second kappa shape index (κ2) is 4.67. The third-order valence-corrected chi connectivity index (χ3v) is 3.86. The van der Waals surface area contributed by atoms with Gasteiger partial charge in [-0.15, -0.1) is 0 Å². The topological polar surface area (TPSA) is 42.2 Å². The average Bonchev–Trinajstić information content (AvgIpc) is 2.69. The highest BCUT2D eigenvalue weighted by Gasteiger charge is 2.26. The highest BCUT2D eigenvalue weighted by Crippen LogP contribution is 2.21. The highest BCUT2D eigenvalue weighted by molar-refractivity contribution is 5.81. The fourth-order valence-electron chi connectivity index (χ4n) is 2.76. The highest BCUT2D eigenvalue weighted by atomic mass is 15.2. The molecule has 0 aliphatic carbocycles. The Labute approximate surface area is 108 Å². The molecule has 1 aliphatic rings. The smallest absolute Gasteiger partial charge is 0.0746 e. The van der Waals surface area contributed by atoms with Gasteiger partial charge in [0.2, 0.25) is 0 Å². The SMILES string of the molecule is CC1CN(Cc2cccc3cccnc23)CC1N. The van der Waals surface area contributed by atoms with Crippen molar-refractivity contribution in [1.29, 1.82) is 0 Å². The molecule has 2 aromatic rings. The standard InChI is InChI=1S/C15H19N3/c1-11-8-18(10-14(11)16)9-13-5-2-4-12-6-3-7-17-15(12)13/h2-7,11,14H,8-10,16H2,1H3. The lowest BCUT2D eigenvalue weighted by Gasteiger charge is -2.16. The molecular weight excluding hydrogens is 222 g/mol. The zero-order valence-corrected chi connectivity index (χ0v) is 10.7. The summed E-state index contributed by atoms with van der Waals surface area (Å²) in [5.41, 5.74) is 8.50. The van der Waals surface area contributed by atoms with Crippen molar-refractivity contribution in [2.75, 3.05) is 13.1 Å². The van der Waals surface area contributed by atoms with Crippen LogP contribution in [-0.2, 0) is 6.54 Å². The van der Waals surface area contributed by atoms with Crippen LogP contribution < -0.4 is 5.73 Å². The molecule has 1 fully saturated rings. The predicted molar refractivity (Wildman–Crippen MR) is 74.2 cm³/mol. The first-order chi connectivity index (χ1) is 8.74. The van der Waals surface area contributed by atoms with Crippen LogP contribution in [0, 0.1) is 5.92 Å². The van der Waals surface area contributed by atoms with Gasteiger partial charge in [0.25, 0.3) is 0 Å². The van der Waals surface area contributed by atoms with Gasteiger partial charge in [0.15, 0.2) is 0 Å². The molecular formula is C15H19N3. The number of nitrogens with two attached hydrogens (primary N) is 1. The summed E-state index contributed by atoms with van der Waals surface area (Å²) in [4.78, 5) is 6.93. The number of pyridine rings is 1. The van der Waals surface area contributed by atoms with Gasteiger partial charge in [0.05, 0.1) is 5.52 Å². The Morgan fingerprint density at radius 3 is 2.89 bits per heavy atom. The number of nitrogens with zero attached hydrogens (tertiary/aromatic N) is 2. The molecule has 1 aliphatic heterocycles. The fraction of sp³-hybridized carbons (Fsp3) is 0.400. The quantitative estimate of drug-likeness (QED) is 0.874. The monoisotopic (exact) mass is 241 g/mol. The first-order valence-electron chi connectivity index (χ1n) is 6.54. The summed E-state index contributed by atoms with van der Waals surface area (Å²) < 4.78 is 0. The van der Waals surface area contributed by atoms with Gasteiger partial charge in [0, 0.05) is 37.3 Å². The Morgan fingerprint density at radius 1 is 1.28 bits per heavy atom. The van der Waals surface area contributed by atoms with Gasteiger partial charge in [-0.05, 0) is 17.5 Å². The predicted octanol–water partition coefficient (Wildman–Crippen LogP) is 2.01. The summed E-state index contributed by atoms with van der Waals surface area (Å²) in [6.45, 7) is 5.26. The molecule has 0 saturated carbocycles. The van der Waals surface area contributed by atoms with Crippen LogP contribution >= 0.6 is 0 Å². The zero-order chi connectivity index (χ0) is 12.5. The molecule has 3 rings (SSSR count). The summed E-state index contributed by atoms with van der Waals surface area (Å²) >= 11 is 0. The second-order valence-corrected chi connectivity index (χ2v) is 5.33. The van der Waals surface area contributed by atoms with Gasteiger partial charge >= 0.3 is 0 Å². The molecule has 2 N–H and O–H groups in total. The van der Waals surface area contributed by atoms with Gasteiger partial charge in [-0.3, -0.25) is 9.88 Å².